The van der Waals surface area contributed by atoms with Crippen molar-refractivity contribution in [1.82, 2.24) is 14.3 Å². The molecule has 0 aliphatic carbocycles. The Morgan fingerprint density at radius 2 is 2.11 bits per heavy atom. The molecule has 1 saturated heterocycles. The minimum atomic E-state index is 0.423. The summed E-state index contributed by atoms with van der Waals surface area (Å²) in [6.07, 6.45) is 1.21. The lowest BCUT2D eigenvalue weighted by Crippen LogP contribution is -2.31. The van der Waals surface area contributed by atoms with Gasteiger partial charge in [-0.05, 0) is 13.0 Å². The topological polar surface area (TPSA) is 32.3 Å². The Morgan fingerprint density at radius 1 is 1.28 bits per heavy atom. The van der Waals surface area contributed by atoms with Crippen molar-refractivity contribution in [2.45, 2.75) is 26.2 Å². The van der Waals surface area contributed by atoms with Crippen LogP contribution in [-0.4, -0.2) is 52.3 Å². The highest BCUT2D eigenvalue weighted by Crippen LogP contribution is 2.22. The van der Waals surface area contributed by atoms with E-state index in [0.29, 0.717) is 5.92 Å². The molecule has 0 unspecified atom stereocenters. The lowest BCUT2D eigenvalue weighted by atomic mass is 10.2. The van der Waals surface area contributed by atoms with E-state index in [9.17, 15) is 0 Å². The first-order valence-corrected chi connectivity index (χ1v) is 8.47. The summed E-state index contributed by atoms with van der Waals surface area (Å²) < 4.78 is 4.44. The molecule has 0 aromatic carbocycles. The Kier molecular flexibility index (Phi) is 5.38. The van der Waals surface area contributed by atoms with Crippen molar-refractivity contribution in [3.63, 3.8) is 0 Å². The van der Waals surface area contributed by atoms with Gasteiger partial charge in [0.1, 0.15) is 5.82 Å². The summed E-state index contributed by atoms with van der Waals surface area (Å²) in [4.78, 5) is 9.55. The van der Waals surface area contributed by atoms with Gasteiger partial charge in [-0.3, -0.25) is 0 Å². The minimum absolute atomic E-state index is 0.423. The smallest absolute Gasteiger partial charge is 0.205 e. The molecule has 0 spiro atoms. The summed E-state index contributed by atoms with van der Waals surface area (Å²) in [5.41, 5.74) is 0. The molecule has 0 atom stereocenters. The molecule has 0 N–H and O–H groups in total. The Balaban J connectivity index is 1.96. The molecule has 2 heterocycles. The van der Waals surface area contributed by atoms with E-state index in [1.165, 1.54) is 13.0 Å². The van der Waals surface area contributed by atoms with Gasteiger partial charge in [-0.1, -0.05) is 29.8 Å². The number of nitrogens with zero attached hydrogens (tertiary/aromatic N) is 4. The predicted molar refractivity (Wildman–Crippen MR) is 81.1 cm³/mol. The van der Waals surface area contributed by atoms with E-state index >= 15 is 0 Å². The lowest BCUT2D eigenvalue weighted by molar-refractivity contribution is 0.313. The van der Waals surface area contributed by atoms with Crippen LogP contribution in [0.2, 0.25) is 0 Å². The molecule has 1 aliphatic rings. The van der Waals surface area contributed by atoms with Gasteiger partial charge in [-0.25, -0.2) is 4.98 Å². The first kappa shape index (κ1) is 14.2. The number of hydrogen-bond acceptors (Lipinski definition) is 5. The van der Waals surface area contributed by atoms with Crippen molar-refractivity contribution < 1.29 is 0 Å². The maximum Gasteiger partial charge on any atom is 0.205 e. The van der Waals surface area contributed by atoms with E-state index in [1.807, 2.05) is 0 Å². The van der Waals surface area contributed by atoms with E-state index in [1.54, 1.807) is 11.5 Å². The van der Waals surface area contributed by atoms with Gasteiger partial charge in [-0.15, -0.1) is 0 Å². The van der Waals surface area contributed by atoms with E-state index in [-0.39, 0.29) is 0 Å². The Hall–Kier alpha value is -0.200. The van der Waals surface area contributed by atoms with Gasteiger partial charge >= 0.3 is 0 Å². The normalized spacial score (nSPS) is 18.3. The second-order valence-corrected chi connectivity index (χ2v) is 6.48. The number of rotatable bonds is 4. The molecular formula is C12H21BrN4S. The first-order valence-electron chi connectivity index (χ1n) is 6.57. The average molecular weight is 333 g/mol. The maximum atomic E-state index is 4.65. The van der Waals surface area contributed by atoms with Crippen molar-refractivity contribution in [3.05, 3.63) is 5.82 Å². The molecule has 4 nitrogen and oxygen atoms in total. The van der Waals surface area contributed by atoms with Crippen molar-refractivity contribution in [2.75, 3.05) is 43.0 Å². The Bertz CT molecular complexity index is 369. The SMILES string of the molecule is CC(C)c1nsc(N2CCCN(CCBr)CC2)n1. The number of aromatic nitrogens is 2. The fraction of sp³-hybridized carbons (Fsp3) is 0.833. The molecule has 1 aromatic heterocycles. The lowest BCUT2D eigenvalue weighted by Gasteiger charge is -2.20. The van der Waals surface area contributed by atoms with Gasteiger partial charge in [0.05, 0.1) is 0 Å². The van der Waals surface area contributed by atoms with Gasteiger partial charge in [-0.2, -0.15) is 4.37 Å². The summed E-state index contributed by atoms with van der Waals surface area (Å²) >= 11 is 5.06. The van der Waals surface area contributed by atoms with Gasteiger partial charge in [0.15, 0.2) is 0 Å². The van der Waals surface area contributed by atoms with Crippen LogP contribution in [-0.2, 0) is 0 Å². The van der Waals surface area contributed by atoms with Crippen molar-refractivity contribution >= 4 is 32.6 Å². The van der Waals surface area contributed by atoms with E-state index in [2.05, 4.69) is 48.9 Å². The Labute approximate surface area is 122 Å². The van der Waals surface area contributed by atoms with Crippen LogP contribution in [0.15, 0.2) is 0 Å². The van der Waals surface area contributed by atoms with Gasteiger partial charge in [0, 0.05) is 49.0 Å². The fourth-order valence-corrected chi connectivity index (χ4v) is 3.46. The molecule has 0 amide bonds. The van der Waals surface area contributed by atoms with Crippen LogP contribution in [0.3, 0.4) is 0 Å². The molecule has 0 radical (unpaired) electrons. The number of anilines is 1. The van der Waals surface area contributed by atoms with Gasteiger partial charge < -0.3 is 9.80 Å². The quantitative estimate of drug-likeness (QED) is 0.793. The molecule has 1 aliphatic heterocycles. The molecule has 1 aromatic rings. The highest BCUT2D eigenvalue weighted by molar-refractivity contribution is 9.09. The third kappa shape index (κ3) is 3.65. The zero-order chi connectivity index (χ0) is 13.0. The number of hydrogen-bond donors (Lipinski definition) is 0. The summed E-state index contributed by atoms with van der Waals surface area (Å²) in [5.74, 6) is 1.41. The van der Waals surface area contributed by atoms with E-state index in [0.717, 1.165) is 42.5 Å². The van der Waals surface area contributed by atoms with Crippen molar-refractivity contribution in [2.24, 2.45) is 0 Å². The average Bonchev–Trinajstić information content (AvgIpc) is 2.72. The summed E-state index contributed by atoms with van der Waals surface area (Å²) in [6, 6.07) is 0. The Morgan fingerprint density at radius 3 is 2.78 bits per heavy atom. The van der Waals surface area contributed by atoms with Crippen LogP contribution in [0.1, 0.15) is 32.0 Å². The molecule has 102 valence electrons. The summed E-state index contributed by atoms with van der Waals surface area (Å²) in [7, 11) is 0. The first-order chi connectivity index (χ1) is 8.70. The molecule has 1 fully saturated rings. The van der Waals surface area contributed by atoms with Crippen LogP contribution in [0.5, 0.6) is 0 Å². The van der Waals surface area contributed by atoms with Crippen LogP contribution in [0, 0.1) is 0 Å². The summed E-state index contributed by atoms with van der Waals surface area (Å²) in [5, 5.41) is 2.16. The molecule has 18 heavy (non-hydrogen) atoms. The minimum Gasteiger partial charge on any atom is -0.346 e. The zero-order valence-electron chi connectivity index (χ0n) is 11.1. The molecule has 6 heteroatoms. The van der Waals surface area contributed by atoms with Crippen LogP contribution >= 0.6 is 27.5 Å². The maximum absolute atomic E-state index is 4.65. The van der Waals surface area contributed by atoms with Crippen molar-refractivity contribution in [1.29, 1.82) is 0 Å². The van der Waals surface area contributed by atoms with E-state index in [4.69, 9.17) is 0 Å². The number of halogens is 1. The van der Waals surface area contributed by atoms with Crippen LogP contribution in [0.4, 0.5) is 5.13 Å². The van der Waals surface area contributed by atoms with Gasteiger partial charge in [0.25, 0.3) is 0 Å². The third-order valence-corrected chi connectivity index (χ3v) is 4.35. The zero-order valence-corrected chi connectivity index (χ0v) is 13.5. The van der Waals surface area contributed by atoms with Crippen LogP contribution in [0.25, 0.3) is 0 Å². The molecular weight excluding hydrogens is 312 g/mol. The molecule has 0 bridgehead atoms. The van der Waals surface area contributed by atoms with Crippen LogP contribution < -0.4 is 4.90 Å². The van der Waals surface area contributed by atoms with Gasteiger partial charge in [0.2, 0.25) is 5.13 Å². The molecule has 2 rings (SSSR count). The predicted octanol–water partition coefficient (Wildman–Crippen LogP) is 2.57. The second-order valence-electron chi connectivity index (χ2n) is 4.96. The number of alkyl halides is 1. The molecule has 0 saturated carbocycles. The summed E-state index contributed by atoms with van der Waals surface area (Å²) in [6.45, 7) is 9.92. The largest absolute Gasteiger partial charge is 0.346 e. The third-order valence-electron chi connectivity index (χ3n) is 3.21. The fourth-order valence-electron chi connectivity index (χ4n) is 2.09. The standard InChI is InChI=1S/C12H21BrN4S/c1-10(2)11-14-12(18-15-11)17-6-3-5-16(7-4-13)8-9-17/h10H,3-9H2,1-2H3. The van der Waals surface area contributed by atoms with E-state index < -0.39 is 0 Å². The van der Waals surface area contributed by atoms with Crippen molar-refractivity contribution in [3.8, 4) is 0 Å². The highest BCUT2D eigenvalue weighted by Gasteiger charge is 2.18. The second kappa shape index (κ2) is 6.82. The highest BCUT2D eigenvalue weighted by atomic mass is 79.9. The monoisotopic (exact) mass is 332 g/mol.